The third kappa shape index (κ3) is 2.17. The Morgan fingerprint density at radius 2 is 2.10 bits per heavy atom. The largest absolute Gasteiger partial charge is 0.382 e. The normalized spacial score (nSPS) is 11.4. The van der Waals surface area contributed by atoms with Crippen LogP contribution in [0.2, 0.25) is 0 Å². The zero-order valence-corrected chi connectivity index (χ0v) is 11.6. The minimum absolute atomic E-state index is 0.368. The van der Waals surface area contributed by atoms with Gasteiger partial charge in [0.15, 0.2) is 5.82 Å². The van der Waals surface area contributed by atoms with Crippen molar-refractivity contribution in [3.8, 4) is 11.3 Å². The van der Waals surface area contributed by atoms with Crippen LogP contribution in [0, 0.1) is 0 Å². The van der Waals surface area contributed by atoms with Gasteiger partial charge in [-0.05, 0) is 0 Å². The minimum atomic E-state index is 0.368. The zero-order chi connectivity index (χ0) is 13.9. The van der Waals surface area contributed by atoms with Crippen LogP contribution in [0.15, 0.2) is 36.5 Å². The second-order valence-electron chi connectivity index (χ2n) is 4.29. The van der Waals surface area contributed by atoms with Crippen molar-refractivity contribution < 1.29 is 4.79 Å². The summed E-state index contributed by atoms with van der Waals surface area (Å²) in [6, 6.07) is 9.85. The maximum absolute atomic E-state index is 10.5. The van der Waals surface area contributed by atoms with Gasteiger partial charge in [0.05, 0.1) is 16.6 Å². The summed E-state index contributed by atoms with van der Waals surface area (Å²) in [4.78, 5) is 15.1. The molecule has 1 unspecified atom stereocenters. The molecule has 1 atom stereocenters. The molecule has 0 saturated heterocycles. The number of hydrogen-bond donors (Lipinski definition) is 2. The van der Waals surface area contributed by atoms with Gasteiger partial charge in [0, 0.05) is 23.2 Å². The Balaban J connectivity index is 2.20. The van der Waals surface area contributed by atoms with Gasteiger partial charge in [-0.1, -0.05) is 38.9 Å². The summed E-state index contributed by atoms with van der Waals surface area (Å²) < 4.78 is 0. The number of hydrogen-bond acceptors (Lipinski definition) is 4. The van der Waals surface area contributed by atoms with E-state index in [1.807, 2.05) is 30.3 Å². The van der Waals surface area contributed by atoms with Crippen LogP contribution >= 0.6 is 8.58 Å². The number of aromatic amines is 1. The van der Waals surface area contributed by atoms with Crippen LogP contribution in [0.1, 0.15) is 0 Å². The zero-order valence-electron chi connectivity index (χ0n) is 10.6. The van der Waals surface area contributed by atoms with Gasteiger partial charge in [0.2, 0.25) is 0 Å². The highest BCUT2D eigenvalue weighted by atomic mass is 31.1. The van der Waals surface area contributed by atoms with E-state index in [1.165, 1.54) is 0 Å². The van der Waals surface area contributed by atoms with Crippen molar-refractivity contribution in [3.05, 3.63) is 36.5 Å². The van der Waals surface area contributed by atoms with Crippen LogP contribution in [0.4, 0.5) is 5.82 Å². The Labute approximate surface area is 117 Å². The second kappa shape index (κ2) is 5.39. The fourth-order valence-corrected chi connectivity index (χ4v) is 2.97. The maximum Gasteiger partial charge on any atom is 0.155 e. The third-order valence-electron chi connectivity index (χ3n) is 3.05. The molecular weight excluding hydrogens is 271 g/mol. The fourth-order valence-electron chi connectivity index (χ4n) is 2.15. The second-order valence-corrected chi connectivity index (χ2v) is 5.59. The number of fused-ring (bicyclic) bond motifs is 1. The van der Waals surface area contributed by atoms with E-state index in [9.17, 15) is 4.79 Å². The molecule has 100 valence electrons. The van der Waals surface area contributed by atoms with E-state index in [-0.39, 0.29) is 0 Å². The maximum atomic E-state index is 10.5. The first-order valence-corrected chi connectivity index (χ1v) is 7.37. The van der Waals surface area contributed by atoms with Gasteiger partial charge < -0.3 is 10.5 Å². The number of nitrogens with two attached hydrogens (primary N) is 1. The van der Waals surface area contributed by atoms with E-state index in [0.717, 1.165) is 33.8 Å². The lowest BCUT2D eigenvalue weighted by molar-refractivity contribution is -0.105. The highest BCUT2D eigenvalue weighted by Crippen LogP contribution is 2.30. The van der Waals surface area contributed by atoms with Gasteiger partial charge in [-0.25, -0.2) is 0 Å². The molecule has 0 aliphatic heterocycles. The number of H-pyrrole nitrogens is 1. The summed E-state index contributed by atoms with van der Waals surface area (Å²) in [6.07, 6.45) is 3.19. The lowest BCUT2D eigenvalue weighted by Crippen LogP contribution is -2.02. The first-order valence-electron chi connectivity index (χ1n) is 6.16. The molecule has 6 heteroatoms. The first kappa shape index (κ1) is 12.8. The number of nitrogens with zero attached hydrogens (tertiary/aromatic N) is 2. The van der Waals surface area contributed by atoms with Crippen molar-refractivity contribution in [2.45, 2.75) is 0 Å². The topological polar surface area (TPSA) is 84.7 Å². The van der Waals surface area contributed by atoms with Gasteiger partial charge in [-0.3, -0.25) is 10.1 Å². The van der Waals surface area contributed by atoms with E-state index < -0.39 is 0 Å². The molecule has 3 N–H and O–H groups in total. The van der Waals surface area contributed by atoms with E-state index in [1.54, 1.807) is 6.20 Å². The average Bonchev–Trinajstić information content (AvgIpc) is 2.88. The number of rotatable bonds is 4. The summed E-state index contributed by atoms with van der Waals surface area (Å²) >= 11 is 0. The molecule has 20 heavy (non-hydrogen) atoms. The van der Waals surface area contributed by atoms with Crippen LogP contribution in [0.25, 0.3) is 22.2 Å². The van der Waals surface area contributed by atoms with Gasteiger partial charge >= 0.3 is 0 Å². The predicted molar refractivity (Wildman–Crippen MR) is 82.6 cm³/mol. The van der Waals surface area contributed by atoms with Gasteiger partial charge in [-0.15, -0.1) is 0 Å². The standard InChI is InChI=1S/C14H13N4OP/c15-14-11-12(9-4-2-1-3-5-9)16-8-10(20-7-6-19)13(11)17-18-14/h1-6,8,20H,7H2,(H3,15,17,18). The number of aromatic nitrogens is 3. The first-order chi connectivity index (χ1) is 9.81. The number of aldehydes is 1. The highest BCUT2D eigenvalue weighted by molar-refractivity contribution is 7.48. The van der Waals surface area contributed by atoms with Crippen molar-refractivity contribution in [1.82, 2.24) is 15.2 Å². The molecule has 0 fully saturated rings. The summed E-state index contributed by atoms with van der Waals surface area (Å²) in [5, 5.41) is 8.84. The molecule has 0 radical (unpaired) electrons. The smallest absolute Gasteiger partial charge is 0.155 e. The van der Waals surface area contributed by atoms with Crippen LogP contribution in [-0.4, -0.2) is 27.6 Å². The Kier molecular flexibility index (Phi) is 3.44. The van der Waals surface area contributed by atoms with Crippen LogP contribution in [0.3, 0.4) is 0 Å². The molecular formula is C14H13N4OP. The van der Waals surface area contributed by atoms with Gasteiger partial charge in [0.1, 0.15) is 6.29 Å². The van der Waals surface area contributed by atoms with E-state index >= 15 is 0 Å². The summed E-state index contributed by atoms with van der Waals surface area (Å²) in [5.41, 5.74) is 8.64. The van der Waals surface area contributed by atoms with Gasteiger partial charge in [0.25, 0.3) is 0 Å². The Bertz CT molecular complexity index is 754. The van der Waals surface area contributed by atoms with Crippen molar-refractivity contribution in [2.24, 2.45) is 0 Å². The number of pyridine rings is 1. The molecule has 0 aliphatic carbocycles. The van der Waals surface area contributed by atoms with Crippen molar-refractivity contribution >= 4 is 36.9 Å². The quantitative estimate of drug-likeness (QED) is 0.564. The van der Waals surface area contributed by atoms with Crippen molar-refractivity contribution in [1.29, 1.82) is 0 Å². The summed E-state index contributed by atoms with van der Waals surface area (Å²) in [6.45, 7) is 0. The van der Waals surface area contributed by atoms with Crippen LogP contribution < -0.4 is 11.0 Å². The van der Waals surface area contributed by atoms with Crippen molar-refractivity contribution in [3.63, 3.8) is 0 Å². The lowest BCUT2D eigenvalue weighted by Gasteiger charge is -2.06. The molecule has 1 aromatic carbocycles. The minimum Gasteiger partial charge on any atom is -0.382 e. The summed E-state index contributed by atoms with van der Waals surface area (Å²) in [7, 11) is 0.368. The molecule has 3 aromatic rings. The Hall–Kier alpha value is -2.26. The Morgan fingerprint density at radius 3 is 2.85 bits per heavy atom. The average molecular weight is 284 g/mol. The number of nitrogen functional groups attached to an aromatic ring is 1. The van der Waals surface area contributed by atoms with E-state index in [0.29, 0.717) is 20.6 Å². The third-order valence-corrected chi connectivity index (χ3v) is 4.18. The molecule has 0 amide bonds. The molecule has 0 spiro atoms. The number of benzene rings is 1. The predicted octanol–water partition coefficient (Wildman–Crippen LogP) is 1.71. The SMILES string of the molecule is Nc1n[nH]c2c(PCC=O)cnc(-c3ccccc3)c12. The molecule has 3 rings (SSSR count). The van der Waals surface area contributed by atoms with Crippen LogP contribution in [0.5, 0.6) is 0 Å². The number of anilines is 1. The lowest BCUT2D eigenvalue weighted by atomic mass is 10.1. The molecule has 2 aromatic heterocycles. The summed E-state index contributed by atoms with van der Waals surface area (Å²) in [5.74, 6) is 0.434. The molecule has 0 saturated carbocycles. The molecule has 0 bridgehead atoms. The molecule has 5 nitrogen and oxygen atoms in total. The van der Waals surface area contributed by atoms with E-state index in [4.69, 9.17) is 5.73 Å². The Morgan fingerprint density at radius 1 is 1.30 bits per heavy atom. The fraction of sp³-hybridized carbons (Fsp3) is 0.0714. The molecule has 0 aliphatic rings. The highest BCUT2D eigenvalue weighted by Gasteiger charge is 2.14. The van der Waals surface area contributed by atoms with Crippen molar-refractivity contribution in [2.75, 3.05) is 11.9 Å². The number of carbonyl (C=O) groups is 1. The number of carbonyl (C=O) groups excluding carboxylic acids is 1. The number of nitrogens with one attached hydrogen (secondary N) is 1. The van der Waals surface area contributed by atoms with E-state index in [2.05, 4.69) is 15.2 Å². The van der Waals surface area contributed by atoms with Crippen LogP contribution in [-0.2, 0) is 4.79 Å². The van der Waals surface area contributed by atoms with Gasteiger partial charge in [-0.2, -0.15) is 5.10 Å². The molecule has 2 heterocycles. The monoisotopic (exact) mass is 284 g/mol.